The number of amides is 1. The maximum Gasteiger partial charge on any atom is 0.258 e. The van der Waals surface area contributed by atoms with Crippen molar-refractivity contribution < 1.29 is 9.53 Å². The summed E-state index contributed by atoms with van der Waals surface area (Å²) in [6, 6.07) is 3.76. The van der Waals surface area contributed by atoms with Crippen LogP contribution in [0.3, 0.4) is 0 Å². The standard InChI is InChI=1S/C12H19N3O2/c1-9(2)15-12(16)8-17-11-4-3-10(5-6-13)14-7-11/h3-4,7,9H,5-6,8,13H2,1-2H3,(H,15,16). The zero-order valence-electron chi connectivity index (χ0n) is 10.3. The molecule has 0 aliphatic rings. The summed E-state index contributed by atoms with van der Waals surface area (Å²) in [5.41, 5.74) is 6.34. The number of nitrogens with two attached hydrogens (primary N) is 1. The van der Waals surface area contributed by atoms with E-state index in [1.165, 1.54) is 0 Å². The van der Waals surface area contributed by atoms with Gasteiger partial charge in [0.2, 0.25) is 0 Å². The van der Waals surface area contributed by atoms with E-state index >= 15 is 0 Å². The van der Waals surface area contributed by atoms with E-state index < -0.39 is 0 Å². The third-order valence-corrected chi connectivity index (χ3v) is 2.02. The number of aromatic nitrogens is 1. The van der Waals surface area contributed by atoms with Crippen LogP contribution in [0, 0.1) is 0 Å². The van der Waals surface area contributed by atoms with E-state index in [4.69, 9.17) is 10.5 Å². The molecule has 0 saturated heterocycles. The molecule has 0 aliphatic carbocycles. The van der Waals surface area contributed by atoms with Crippen LogP contribution in [0.25, 0.3) is 0 Å². The molecule has 1 heterocycles. The average Bonchev–Trinajstić information content (AvgIpc) is 2.28. The highest BCUT2D eigenvalue weighted by Gasteiger charge is 2.04. The van der Waals surface area contributed by atoms with Gasteiger partial charge in [-0.1, -0.05) is 0 Å². The number of hydrogen-bond acceptors (Lipinski definition) is 4. The zero-order chi connectivity index (χ0) is 12.7. The highest BCUT2D eigenvalue weighted by atomic mass is 16.5. The van der Waals surface area contributed by atoms with Crippen LogP contribution in [-0.2, 0) is 11.2 Å². The fourth-order valence-electron chi connectivity index (χ4n) is 1.30. The van der Waals surface area contributed by atoms with Gasteiger partial charge in [0.1, 0.15) is 5.75 Å². The van der Waals surface area contributed by atoms with Crippen molar-refractivity contribution in [3.63, 3.8) is 0 Å². The molecule has 1 aromatic heterocycles. The molecule has 0 aliphatic heterocycles. The molecule has 0 unspecified atom stereocenters. The first-order valence-electron chi connectivity index (χ1n) is 5.69. The first-order chi connectivity index (χ1) is 8.11. The van der Waals surface area contributed by atoms with E-state index in [1.807, 2.05) is 19.9 Å². The van der Waals surface area contributed by atoms with Crippen LogP contribution in [0.1, 0.15) is 19.5 Å². The first-order valence-corrected chi connectivity index (χ1v) is 5.69. The van der Waals surface area contributed by atoms with Gasteiger partial charge >= 0.3 is 0 Å². The van der Waals surface area contributed by atoms with E-state index in [9.17, 15) is 4.79 Å². The second kappa shape index (κ2) is 6.85. The SMILES string of the molecule is CC(C)NC(=O)COc1ccc(CCN)nc1. The summed E-state index contributed by atoms with van der Waals surface area (Å²) in [4.78, 5) is 15.5. The number of pyridine rings is 1. The van der Waals surface area contributed by atoms with Crippen molar-refractivity contribution in [1.29, 1.82) is 0 Å². The van der Waals surface area contributed by atoms with Gasteiger partial charge in [0, 0.05) is 18.2 Å². The molecule has 0 atom stereocenters. The Bertz CT molecular complexity index is 349. The predicted molar refractivity (Wildman–Crippen MR) is 65.8 cm³/mol. The molecule has 0 fully saturated rings. The number of rotatable bonds is 6. The summed E-state index contributed by atoms with van der Waals surface area (Å²) in [6.07, 6.45) is 2.35. The molecule has 3 N–H and O–H groups in total. The lowest BCUT2D eigenvalue weighted by Gasteiger charge is -2.09. The summed E-state index contributed by atoms with van der Waals surface area (Å²) in [5.74, 6) is 0.454. The minimum atomic E-state index is -0.133. The van der Waals surface area contributed by atoms with Crippen LogP contribution in [-0.4, -0.2) is 30.1 Å². The number of hydrogen-bond donors (Lipinski definition) is 2. The Labute approximate surface area is 101 Å². The molecule has 1 amide bonds. The number of carbonyl (C=O) groups excluding carboxylic acids is 1. The fraction of sp³-hybridized carbons (Fsp3) is 0.500. The molecule has 5 nitrogen and oxygen atoms in total. The normalized spacial score (nSPS) is 10.4. The summed E-state index contributed by atoms with van der Waals surface area (Å²) in [6.45, 7) is 4.39. The Balaban J connectivity index is 2.39. The molecule has 0 aromatic carbocycles. The van der Waals surface area contributed by atoms with Gasteiger partial charge in [-0.2, -0.15) is 0 Å². The van der Waals surface area contributed by atoms with E-state index in [1.54, 1.807) is 12.3 Å². The molecular formula is C12H19N3O2. The molecule has 0 saturated carbocycles. The lowest BCUT2D eigenvalue weighted by atomic mass is 10.3. The van der Waals surface area contributed by atoms with Gasteiger partial charge in [-0.05, 0) is 32.5 Å². The first kappa shape index (κ1) is 13.4. The quantitative estimate of drug-likeness (QED) is 0.754. The van der Waals surface area contributed by atoms with Gasteiger partial charge in [-0.15, -0.1) is 0 Å². The molecule has 1 aromatic rings. The second-order valence-corrected chi connectivity index (χ2v) is 4.03. The van der Waals surface area contributed by atoms with Crippen LogP contribution in [0.2, 0.25) is 0 Å². The summed E-state index contributed by atoms with van der Waals surface area (Å²) >= 11 is 0. The third-order valence-electron chi connectivity index (χ3n) is 2.02. The van der Waals surface area contributed by atoms with Crippen molar-refractivity contribution in [3.8, 4) is 5.75 Å². The van der Waals surface area contributed by atoms with E-state index in [2.05, 4.69) is 10.3 Å². The Morgan fingerprint density at radius 1 is 1.53 bits per heavy atom. The topological polar surface area (TPSA) is 77.2 Å². The molecule has 5 heteroatoms. The Kier molecular flexibility index (Phi) is 5.42. The molecule has 1 rings (SSSR count). The minimum absolute atomic E-state index is 0.0100. The summed E-state index contributed by atoms with van der Waals surface area (Å²) in [7, 11) is 0. The van der Waals surface area contributed by atoms with Gasteiger partial charge in [0.15, 0.2) is 6.61 Å². The average molecular weight is 237 g/mol. The van der Waals surface area contributed by atoms with Crippen molar-refractivity contribution in [2.75, 3.05) is 13.2 Å². The largest absolute Gasteiger partial charge is 0.482 e. The summed E-state index contributed by atoms with van der Waals surface area (Å²) < 4.78 is 5.30. The van der Waals surface area contributed by atoms with Crippen molar-refractivity contribution in [2.45, 2.75) is 26.3 Å². The highest BCUT2D eigenvalue weighted by molar-refractivity contribution is 5.77. The Hall–Kier alpha value is -1.62. The smallest absolute Gasteiger partial charge is 0.258 e. The predicted octanol–water partition coefficient (Wildman–Crippen LogP) is 0.486. The molecule has 94 valence electrons. The molecule has 17 heavy (non-hydrogen) atoms. The molecule has 0 bridgehead atoms. The van der Waals surface area contributed by atoms with Crippen LogP contribution in [0.15, 0.2) is 18.3 Å². The van der Waals surface area contributed by atoms with Gasteiger partial charge in [0.25, 0.3) is 5.91 Å². The fourth-order valence-corrected chi connectivity index (χ4v) is 1.30. The van der Waals surface area contributed by atoms with Gasteiger partial charge in [0.05, 0.1) is 6.20 Å². The monoisotopic (exact) mass is 237 g/mol. The van der Waals surface area contributed by atoms with Crippen molar-refractivity contribution >= 4 is 5.91 Å². The van der Waals surface area contributed by atoms with E-state index in [-0.39, 0.29) is 18.6 Å². The number of nitrogens with one attached hydrogen (secondary N) is 1. The highest BCUT2D eigenvalue weighted by Crippen LogP contribution is 2.08. The maximum atomic E-state index is 11.3. The third kappa shape index (κ3) is 5.31. The number of carbonyl (C=O) groups is 1. The number of nitrogens with zero attached hydrogens (tertiary/aromatic N) is 1. The maximum absolute atomic E-state index is 11.3. The van der Waals surface area contributed by atoms with Gasteiger partial charge in [-0.3, -0.25) is 9.78 Å². The van der Waals surface area contributed by atoms with E-state index in [0.29, 0.717) is 12.3 Å². The van der Waals surface area contributed by atoms with Gasteiger partial charge < -0.3 is 15.8 Å². The van der Waals surface area contributed by atoms with Crippen molar-refractivity contribution in [2.24, 2.45) is 5.73 Å². The second-order valence-electron chi connectivity index (χ2n) is 4.03. The molecule has 0 radical (unpaired) electrons. The number of ether oxygens (including phenoxy) is 1. The Morgan fingerprint density at radius 3 is 2.82 bits per heavy atom. The molecular weight excluding hydrogens is 218 g/mol. The van der Waals surface area contributed by atoms with Crippen molar-refractivity contribution in [1.82, 2.24) is 10.3 Å². The van der Waals surface area contributed by atoms with Crippen molar-refractivity contribution in [3.05, 3.63) is 24.0 Å². The van der Waals surface area contributed by atoms with Crippen LogP contribution >= 0.6 is 0 Å². The summed E-state index contributed by atoms with van der Waals surface area (Å²) in [5, 5.41) is 2.74. The minimum Gasteiger partial charge on any atom is -0.482 e. The van der Waals surface area contributed by atoms with Crippen LogP contribution < -0.4 is 15.8 Å². The lowest BCUT2D eigenvalue weighted by molar-refractivity contribution is -0.123. The zero-order valence-corrected chi connectivity index (χ0v) is 10.3. The molecule has 0 spiro atoms. The van der Waals surface area contributed by atoms with E-state index in [0.717, 1.165) is 12.1 Å². The Morgan fingerprint density at radius 2 is 2.29 bits per heavy atom. The van der Waals surface area contributed by atoms with Crippen LogP contribution in [0.5, 0.6) is 5.75 Å². The lowest BCUT2D eigenvalue weighted by Crippen LogP contribution is -2.34. The van der Waals surface area contributed by atoms with Gasteiger partial charge in [-0.25, -0.2) is 0 Å². The van der Waals surface area contributed by atoms with Crippen LogP contribution in [0.4, 0.5) is 0 Å².